The summed E-state index contributed by atoms with van der Waals surface area (Å²) in [6.07, 6.45) is 3.34. The maximum absolute atomic E-state index is 12.2. The summed E-state index contributed by atoms with van der Waals surface area (Å²) in [4.78, 5) is 11.9. The van der Waals surface area contributed by atoms with Gasteiger partial charge in [0.25, 0.3) is 0 Å². The number of nitrogens with zero attached hydrogens (tertiary/aromatic N) is 2. The molecule has 0 aliphatic rings. The van der Waals surface area contributed by atoms with Crippen molar-refractivity contribution in [3.63, 3.8) is 0 Å². The molecule has 220 valence electrons. The molecule has 0 atom stereocenters. The average Bonchev–Trinajstić information content (AvgIpc) is 2.94. The molecule has 0 amide bonds. The van der Waals surface area contributed by atoms with Gasteiger partial charge in [0.05, 0.1) is 14.2 Å². The largest absolute Gasteiger partial charge is 0.497 e. The van der Waals surface area contributed by atoms with Crippen LogP contribution in [0.1, 0.15) is 38.2 Å². The Morgan fingerprint density at radius 1 is 0.800 bits per heavy atom. The number of methoxy groups -OCH3 is 2. The molecule has 0 unspecified atom stereocenters. The zero-order valence-electron chi connectivity index (χ0n) is 22.3. The maximum atomic E-state index is 12.2. The van der Waals surface area contributed by atoms with Gasteiger partial charge in [-0.15, -0.1) is 11.8 Å². The van der Waals surface area contributed by atoms with E-state index in [1.165, 1.54) is 50.2 Å². The Bertz CT molecular complexity index is 1350. The predicted octanol–water partition coefficient (Wildman–Crippen LogP) is 4.79. The summed E-state index contributed by atoms with van der Waals surface area (Å²) in [5, 5.41) is 7.55. The predicted molar refractivity (Wildman–Crippen MR) is 157 cm³/mol. The Morgan fingerprint density at radius 3 is 2.02 bits per heavy atom. The number of hydrogen-bond donors (Lipinski definition) is 0. The summed E-state index contributed by atoms with van der Waals surface area (Å²) in [6, 6.07) is 14.3. The molecule has 0 saturated heterocycles. The number of benzene rings is 2. The highest BCUT2D eigenvalue weighted by atomic mass is 32.2. The van der Waals surface area contributed by atoms with Crippen molar-refractivity contribution in [3.05, 3.63) is 60.2 Å². The van der Waals surface area contributed by atoms with Crippen LogP contribution in [-0.2, 0) is 44.1 Å². The van der Waals surface area contributed by atoms with Crippen molar-refractivity contribution in [1.29, 1.82) is 0 Å². The summed E-state index contributed by atoms with van der Waals surface area (Å²) in [5.41, 5.74) is 0.538. The molecule has 11 nitrogen and oxygen atoms in total. The Morgan fingerprint density at radius 2 is 1.43 bits per heavy atom. The van der Waals surface area contributed by atoms with Crippen LogP contribution in [0.25, 0.3) is 0 Å². The zero-order valence-corrected chi connectivity index (χ0v) is 25.6. The number of hydrogen-bond acceptors (Lipinski definition) is 13. The van der Waals surface area contributed by atoms with E-state index in [0.717, 1.165) is 43.2 Å². The quantitative estimate of drug-likeness (QED) is 0.0877. The van der Waals surface area contributed by atoms with Crippen LogP contribution in [0.3, 0.4) is 0 Å². The Labute approximate surface area is 243 Å². The second-order valence-corrected chi connectivity index (χ2v) is 13.5. The maximum Gasteiger partial charge on any atom is 0.366 e. The fourth-order valence-electron chi connectivity index (χ4n) is 2.96. The second kappa shape index (κ2) is 17.1. The SMILES string of the molecule is COC(=O)C(=NOS(=O)(=O)Cc1ccccc1)SCCCCCCSC(C)=NOS(=O)(=O)c1ccc(OC)cc1. The molecular weight excluding hydrogens is 601 g/mol. The monoisotopic (exact) mass is 632 g/mol. The van der Waals surface area contributed by atoms with E-state index in [1.807, 2.05) is 0 Å². The molecule has 0 fully saturated rings. The molecule has 40 heavy (non-hydrogen) atoms. The zero-order chi connectivity index (χ0) is 29.4. The molecule has 2 rings (SSSR count). The molecule has 0 bridgehead atoms. The van der Waals surface area contributed by atoms with Crippen molar-refractivity contribution >= 4 is 59.8 Å². The lowest BCUT2D eigenvalue weighted by atomic mass is 10.2. The Balaban J connectivity index is 1.68. The number of thioether (sulfide) groups is 2. The fraction of sp³-hybridized carbons (Fsp3) is 0.400. The highest BCUT2D eigenvalue weighted by molar-refractivity contribution is 8.15. The highest BCUT2D eigenvalue weighted by Crippen LogP contribution is 2.19. The van der Waals surface area contributed by atoms with E-state index in [1.54, 1.807) is 37.3 Å². The number of ether oxygens (including phenoxy) is 2. The van der Waals surface area contributed by atoms with Gasteiger partial charge in [0.1, 0.15) is 21.4 Å². The lowest BCUT2D eigenvalue weighted by Gasteiger charge is -2.06. The van der Waals surface area contributed by atoms with E-state index in [0.29, 0.717) is 22.1 Å². The lowest BCUT2D eigenvalue weighted by molar-refractivity contribution is -0.132. The third-order valence-electron chi connectivity index (χ3n) is 4.98. The molecule has 0 saturated carbocycles. The van der Waals surface area contributed by atoms with E-state index in [2.05, 4.69) is 15.0 Å². The van der Waals surface area contributed by atoms with Crippen molar-refractivity contribution in [1.82, 2.24) is 0 Å². The number of oxime groups is 2. The Kier molecular flexibility index (Phi) is 14.3. The number of carbonyl (C=O) groups is 1. The van der Waals surface area contributed by atoms with Crippen molar-refractivity contribution in [3.8, 4) is 5.75 Å². The Hall–Kier alpha value is -2.75. The summed E-state index contributed by atoms with van der Waals surface area (Å²) in [5.74, 6) is 0.617. The minimum atomic E-state index is -4.02. The molecule has 0 heterocycles. The molecule has 2 aromatic carbocycles. The third kappa shape index (κ3) is 12.6. The van der Waals surface area contributed by atoms with Crippen molar-refractivity contribution in [2.24, 2.45) is 10.3 Å². The van der Waals surface area contributed by atoms with E-state index < -0.39 is 26.2 Å². The smallest absolute Gasteiger partial charge is 0.366 e. The van der Waals surface area contributed by atoms with E-state index in [-0.39, 0.29) is 15.7 Å². The van der Waals surface area contributed by atoms with Gasteiger partial charge in [-0.05, 0) is 61.1 Å². The van der Waals surface area contributed by atoms with Gasteiger partial charge < -0.3 is 9.47 Å². The second-order valence-electron chi connectivity index (χ2n) is 8.08. The molecule has 0 aromatic heterocycles. The normalized spacial score (nSPS) is 12.6. The van der Waals surface area contributed by atoms with Crippen LogP contribution < -0.4 is 4.74 Å². The average molecular weight is 633 g/mol. The molecule has 0 spiro atoms. The summed E-state index contributed by atoms with van der Waals surface area (Å²) < 4.78 is 68.0. The first-order valence-corrected chi connectivity index (χ1v) is 17.0. The lowest BCUT2D eigenvalue weighted by Crippen LogP contribution is -2.15. The number of carbonyl (C=O) groups excluding carboxylic acids is 1. The first-order valence-electron chi connectivity index (χ1n) is 12.1. The number of unbranched alkanes of at least 4 members (excludes halogenated alkanes) is 3. The van der Waals surface area contributed by atoms with Crippen LogP contribution in [0.15, 0.2) is 69.8 Å². The van der Waals surface area contributed by atoms with Crippen LogP contribution >= 0.6 is 23.5 Å². The van der Waals surface area contributed by atoms with E-state index >= 15 is 0 Å². The van der Waals surface area contributed by atoms with Crippen molar-refractivity contribution in [2.75, 3.05) is 25.7 Å². The summed E-state index contributed by atoms with van der Waals surface area (Å²) in [6.45, 7) is 1.67. The van der Waals surface area contributed by atoms with Gasteiger partial charge in [0.15, 0.2) is 0 Å². The van der Waals surface area contributed by atoms with Crippen LogP contribution in [0, 0.1) is 0 Å². The van der Waals surface area contributed by atoms with Crippen LogP contribution in [-0.4, -0.2) is 58.6 Å². The van der Waals surface area contributed by atoms with Gasteiger partial charge >= 0.3 is 26.2 Å². The van der Waals surface area contributed by atoms with Crippen LogP contribution in [0.2, 0.25) is 0 Å². The first-order chi connectivity index (χ1) is 19.1. The van der Waals surface area contributed by atoms with Crippen LogP contribution in [0.4, 0.5) is 0 Å². The topological polar surface area (TPSA) is 147 Å². The first kappa shape index (κ1) is 33.5. The van der Waals surface area contributed by atoms with E-state index in [4.69, 9.17) is 13.3 Å². The molecule has 0 N–H and O–H groups in total. The molecular formula is C25H32N2O9S4. The van der Waals surface area contributed by atoms with Gasteiger partial charge in [0, 0.05) is 0 Å². The van der Waals surface area contributed by atoms with Crippen molar-refractivity contribution in [2.45, 2.75) is 43.3 Å². The van der Waals surface area contributed by atoms with Crippen molar-refractivity contribution < 1.29 is 39.7 Å². The molecule has 2 aromatic rings. The van der Waals surface area contributed by atoms with Gasteiger partial charge in [-0.2, -0.15) is 16.8 Å². The fourth-order valence-corrected chi connectivity index (χ4v) is 6.23. The standard InChI is InChI=1S/C25H32N2O9S4/c1-20(26-36-40(31,32)23-15-13-22(33-2)14-16-23)37-17-9-4-5-10-18-38-24(25(28)34-3)27-35-39(29,30)19-21-11-7-6-8-12-21/h6-8,11-16H,4-5,9-10,17-19H2,1-3H3. The number of rotatable bonds is 15. The highest BCUT2D eigenvalue weighted by Gasteiger charge is 2.18. The minimum absolute atomic E-state index is 0.0199. The molecule has 0 aliphatic heterocycles. The number of esters is 1. The van der Waals surface area contributed by atoms with Gasteiger partial charge in [-0.3, -0.25) is 8.57 Å². The molecule has 0 radical (unpaired) electrons. The van der Waals surface area contributed by atoms with E-state index in [9.17, 15) is 21.6 Å². The summed E-state index contributed by atoms with van der Waals surface area (Å²) in [7, 11) is -5.37. The van der Waals surface area contributed by atoms with Gasteiger partial charge in [0.2, 0.25) is 5.04 Å². The van der Waals surface area contributed by atoms with Gasteiger partial charge in [-0.1, -0.05) is 65.2 Å². The van der Waals surface area contributed by atoms with Crippen LogP contribution in [0.5, 0.6) is 5.75 Å². The molecule has 15 heteroatoms. The summed E-state index contributed by atoms with van der Waals surface area (Å²) >= 11 is 2.45. The van der Waals surface area contributed by atoms with Gasteiger partial charge in [-0.25, -0.2) is 4.79 Å². The molecule has 0 aliphatic carbocycles. The third-order valence-corrected chi connectivity index (χ3v) is 9.08. The minimum Gasteiger partial charge on any atom is -0.497 e.